The second-order valence-corrected chi connectivity index (χ2v) is 10.5. The lowest BCUT2D eigenvalue weighted by Gasteiger charge is -2.14. The van der Waals surface area contributed by atoms with Crippen LogP contribution in [0.5, 0.6) is 0 Å². The van der Waals surface area contributed by atoms with E-state index in [0.29, 0.717) is 5.56 Å². The van der Waals surface area contributed by atoms with Gasteiger partial charge < -0.3 is 15.0 Å². The second-order valence-electron chi connectivity index (χ2n) is 8.78. The Kier molecular flexibility index (Phi) is 7.55. The van der Waals surface area contributed by atoms with Crippen molar-refractivity contribution in [3.05, 3.63) is 101 Å². The van der Waals surface area contributed by atoms with Gasteiger partial charge in [-0.1, -0.05) is 42.2 Å². The highest BCUT2D eigenvalue weighted by Gasteiger charge is 2.26. The number of aromatic amines is 1. The summed E-state index contributed by atoms with van der Waals surface area (Å²) in [4.78, 5) is 17.0. The van der Waals surface area contributed by atoms with Gasteiger partial charge in [-0.05, 0) is 67.7 Å². The Bertz CT molecular complexity index is 1530. The third-order valence-electron chi connectivity index (χ3n) is 5.66. The van der Waals surface area contributed by atoms with Crippen molar-refractivity contribution >= 4 is 26.9 Å². The summed E-state index contributed by atoms with van der Waals surface area (Å²) >= 11 is 0. The highest BCUT2D eigenvalue weighted by molar-refractivity contribution is 7.89. The molecule has 0 aliphatic rings. The van der Waals surface area contributed by atoms with Gasteiger partial charge >= 0.3 is 5.97 Å². The van der Waals surface area contributed by atoms with Gasteiger partial charge in [0.2, 0.25) is 10.0 Å². The Morgan fingerprint density at radius 2 is 1.58 bits per heavy atom. The Hall–Kier alpha value is -3.90. The van der Waals surface area contributed by atoms with Crippen LogP contribution >= 0.6 is 0 Å². The van der Waals surface area contributed by atoms with Crippen molar-refractivity contribution in [3.8, 4) is 11.8 Å². The van der Waals surface area contributed by atoms with Crippen molar-refractivity contribution in [2.24, 2.45) is 0 Å². The lowest BCUT2D eigenvalue weighted by atomic mass is 10.1. The number of rotatable bonds is 8. The van der Waals surface area contributed by atoms with Crippen molar-refractivity contribution in [1.82, 2.24) is 14.6 Å². The van der Waals surface area contributed by atoms with Gasteiger partial charge in [-0.25, -0.2) is 8.42 Å². The normalized spacial score (nSPS) is 12.3. The number of carboxylic acid groups (broad SMARTS) is 1. The van der Waals surface area contributed by atoms with Crippen molar-refractivity contribution in [3.63, 3.8) is 0 Å². The zero-order valence-electron chi connectivity index (χ0n) is 20.0. The number of H-pyrrole nitrogens is 1. The van der Waals surface area contributed by atoms with Crippen LogP contribution in [0.3, 0.4) is 0 Å². The number of carbonyl (C=O) groups is 1. The van der Waals surface area contributed by atoms with Gasteiger partial charge in [0.1, 0.15) is 6.04 Å². The first-order chi connectivity index (χ1) is 17.2. The molecule has 4 aromatic rings. The van der Waals surface area contributed by atoms with Crippen molar-refractivity contribution in [1.29, 1.82) is 0 Å². The fraction of sp³-hybridized carbons (Fsp3) is 0.179. The Labute approximate surface area is 210 Å². The number of benzene rings is 3. The van der Waals surface area contributed by atoms with Crippen LogP contribution in [0, 0.1) is 11.8 Å². The topological polar surface area (TPSA) is 103 Å². The first-order valence-corrected chi connectivity index (χ1v) is 12.9. The molecule has 0 radical (unpaired) electrons. The third kappa shape index (κ3) is 6.20. The molecule has 4 rings (SSSR count). The van der Waals surface area contributed by atoms with Crippen LogP contribution in [0.4, 0.5) is 0 Å². The average Bonchev–Trinajstić information content (AvgIpc) is 3.26. The number of aliphatic carboxylic acids is 1. The van der Waals surface area contributed by atoms with Crippen LogP contribution in [0.25, 0.3) is 10.9 Å². The minimum absolute atomic E-state index is 0.00939. The number of nitrogens with zero attached hydrogens (tertiary/aromatic N) is 1. The molecule has 0 aliphatic carbocycles. The summed E-state index contributed by atoms with van der Waals surface area (Å²) in [5, 5.41) is 10.5. The quantitative estimate of drug-likeness (QED) is 0.320. The number of nitrogens with one attached hydrogen (secondary N) is 2. The van der Waals surface area contributed by atoms with E-state index in [1.807, 2.05) is 62.6 Å². The molecule has 0 spiro atoms. The first-order valence-electron chi connectivity index (χ1n) is 11.4. The van der Waals surface area contributed by atoms with Crippen LogP contribution in [0.15, 0.2) is 83.9 Å². The van der Waals surface area contributed by atoms with Crippen LogP contribution < -0.4 is 4.72 Å². The number of aromatic nitrogens is 1. The standard InChI is InChI=1S/C28H27N3O4S/c1-31(2)19-22-11-9-20(10-12-22)7-8-21-13-15-24(16-14-21)36(34,35)30-27(28(32)33)17-23-18-29-26-6-4-3-5-25(23)26/h3-6,9-16,18,27,29-30H,17,19H2,1-2H3,(H,32,33)/t27-/m1/s1. The van der Waals surface area contributed by atoms with E-state index >= 15 is 0 Å². The summed E-state index contributed by atoms with van der Waals surface area (Å²) in [5.41, 5.74) is 4.29. The fourth-order valence-electron chi connectivity index (χ4n) is 3.88. The molecule has 184 valence electrons. The zero-order valence-corrected chi connectivity index (χ0v) is 20.8. The predicted molar refractivity (Wildman–Crippen MR) is 140 cm³/mol. The van der Waals surface area contributed by atoms with Crippen molar-refractivity contribution < 1.29 is 18.3 Å². The van der Waals surface area contributed by atoms with Gasteiger partial charge in [-0.2, -0.15) is 4.72 Å². The molecular weight excluding hydrogens is 474 g/mol. The molecule has 3 aromatic carbocycles. The van der Waals surface area contributed by atoms with Gasteiger partial charge in [0.25, 0.3) is 0 Å². The molecule has 3 N–H and O–H groups in total. The largest absolute Gasteiger partial charge is 0.480 e. The van der Waals surface area contributed by atoms with Crippen molar-refractivity contribution in [2.45, 2.75) is 23.9 Å². The average molecular weight is 502 g/mol. The molecule has 0 saturated carbocycles. The van der Waals surface area contributed by atoms with Crippen LogP contribution in [-0.2, 0) is 27.8 Å². The molecule has 1 atom stereocenters. The molecule has 0 bridgehead atoms. The molecule has 0 unspecified atom stereocenters. The smallest absolute Gasteiger partial charge is 0.322 e. The molecule has 0 fully saturated rings. The number of sulfonamides is 1. The monoisotopic (exact) mass is 501 g/mol. The molecule has 7 nitrogen and oxygen atoms in total. The highest BCUT2D eigenvalue weighted by Crippen LogP contribution is 2.20. The lowest BCUT2D eigenvalue weighted by Crippen LogP contribution is -2.42. The van der Waals surface area contributed by atoms with Gasteiger partial charge in [-0.15, -0.1) is 0 Å². The van der Waals surface area contributed by atoms with E-state index in [1.54, 1.807) is 18.3 Å². The highest BCUT2D eigenvalue weighted by atomic mass is 32.2. The van der Waals surface area contributed by atoms with Crippen LogP contribution in [0.2, 0.25) is 0 Å². The summed E-state index contributed by atoms with van der Waals surface area (Å²) < 4.78 is 28.2. The minimum Gasteiger partial charge on any atom is -0.480 e. The van der Waals surface area contributed by atoms with E-state index in [9.17, 15) is 18.3 Å². The van der Waals surface area contributed by atoms with Gasteiger partial charge in [0.05, 0.1) is 4.90 Å². The van der Waals surface area contributed by atoms with Crippen molar-refractivity contribution in [2.75, 3.05) is 14.1 Å². The zero-order chi connectivity index (χ0) is 25.7. The molecule has 0 aliphatic heterocycles. The van der Waals surface area contributed by atoms with E-state index in [1.165, 1.54) is 17.7 Å². The lowest BCUT2D eigenvalue weighted by molar-refractivity contribution is -0.138. The fourth-order valence-corrected chi connectivity index (χ4v) is 5.06. The number of para-hydroxylation sites is 1. The van der Waals surface area contributed by atoms with Gasteiger partial charge in [-0.3, -0.25) is 4.79 Å². The van der Waals surface area contributed by atoms with Crippen LogP contribution in [-0.4, -0.2) is 49.5 Å². The van der Waals surface area contributed by atoms with E-state index in [-0.39, 0.29) is 11.3 Å². The van der Waals surface area contributed by atoms with E-state index in [4.69, 9.17) is 0 Å². The molecular formula is C28H27N3O4S. The Morgan fingerprint density at radius 1 is 0.972 bits per heavy atom. The van der Waals surface area contributed by atoms with E-state index < -0.39 is 22.0 Å². The minimum atomic E-state index is -4.05. The molecule has 1 aromatic heterocycles. The summed E-state index contributed by atoms with van der Waals surface area (Å²) in [6, 6.07) is 20.2. The number of hydrogen-bond donors (Lipinski definition) is 3. The van der Waals surface area contributed by atoms with Crippen LogP contribution in [0.1, 0.15) is 22.3 Å². The first kappa shape index (κ1) is 25.2. The second kappa shape index (κ2) is 10.8. The molecule has 1 heterocycles. The number of fused-ring (bicyclic) bond motifs is 1. The number of hydrogen-bond acceptors (Lipinski definition) is 4. The Morgan fingerprint density at radius 3 is 2.19 bits per heavy atom. The SMILES string of the molecule is CN(C)Cc1ccc(C#Cc2ccc(S(=O)(=O)N[C@H](Cc3c[nH]c4ccccc34)C(=O)O)cc2)cc1. The van der Waals surface area contributed by atoms with E-state index in [0.717, 1.165) is 28.6 Å². The molecule has 0 saturated heterocycles. The summed E-state index contributed by atoms with van der Waals surface area (Å²) in [5.74, 6) is 4.86. The summed E-state index contributed by atoms with van der Waals surface area (Å²) in [7, 11) is -0.0276. The van der Waals surface area contributed by atoms with Gasteiger partial charge in [0.15, 0.2) is 0 Å². The maximum Gasteiger partial charge on any atom is 0.322 e. The molecule has 8 heteroatoms. The van der Waals surface area contributed by atoms with E-state index in [2.05, 4.69) is 26.4 Å². The maximum absolute atomic E-state index is 12.9. The summed E-state index contributed by atoms with van der Waals surface area (Å²) in [6.07, 6.45) is 1.72. The molecule has 36 heavy (non-hydrogen) atoms. The Balaban J connectivity index is 1.46. The van der Waals surface area contributed by atoms with Gasteiger partial charge in [0, 0.05) is 41.2 Å². The summed E-state index contributed by atoms with van der Waals surface area (Å²) in [6.45, 7) is 0.849. The predicted octanol–water partition coefficient (Wildman–Crippen LogP) is 3.60. The molecule has 0 amide bonds. The number of carboxylic acids is 1. The maximum atomic E-state index is 12.9. The third-order valence-corrected chi connectivity index (χ3v) is 7.15.